The van der Waals surface area contributed by atoms with Crippen molar-refractivity contribution in [2.24, 2.45) is 0 Å². The molecule has 0 atom stereocenters. The molecule has 0 unspecified atom stereocenters. The average molecular weight is 194 g/mol. The summed E-state index contributed by atoms with van der Waals surface area (Å²) in [6.45, 7) is 0. The van der Waals surface area contributed by atoms with Crippen LogP contribution in [0.2, 0.25) is 0 Å². The fourth-order valence-electron chi connectivity index (χ4n) is 1.27. The van der Waals surface area contributed by atoms with Gasteiger partial charge < -0.3 is 4.42 Å². The zero-order valence-corrected chi connectivity index (χ0v) is 8.07. The first kappa shape index (κ1) is 10.7. The molecule has 1 saturated carbocycles. The van der Waals surface area contributed by atoms with Gasteiger partial charge in [-0.05, 0) is 18.9 Å². The quantitative estimate of drug-likeness (QED) is 0.635. The minimum Gasteiger partial charge on any atom is -0.431 e. The number of rotatable bonds is 0. The number of carbonyl (C=O) groups excluding carboxylic acids is 1. The molecule has 0 bridgehead atoms. The second-order valence-electron chi connectivity index (χ2n) is 3.22. The van der Waals surface area contributed by atoms with Crippen LogP contribution in [0, 0.1) is 0 Å². The molecule has 1 aromatic rings. The van der Waals surface area contributed by atoms with E-state index < -0.39 is 0 Å². The Labute approximate surface area is 82.7 Å². The predicted molar refractivity (Wildman–Crippen MR) is 53.1 cm³/mol. The first-order valence-electron chi connectivity index (χ1n) is 4.84. The molecule has 0 aromatic carbocycles. The highest BCUT2D eigenvalue weighted by Crippen LogP contribution is 2.12. The maximum absolute atomic E-state index is 10.5. The van der Waals surface area contributed by atoms with E-state index in [1.807, 2.05) is 0 Å². The van der Waals surface area contributed by atoms with E-state index in [2.05, 4.69) is 4.42 Å². The molecule has 0 aliphatic heterocycles. The Morgan fingerprint density at radius 3 is 2.00 bits per heavy atom. The molecule has 0 amide bonds. The molecule has 1 aromatic heterocycles. The average Bonchev–Trinajstić information content (AvgIpc) is 2.21. The van der Waals surface area contributed by atoms with Crippen LogP contribution < -0.4 is 5.63 Å². The fraction of sp³-hybridized carbons (Fsp3) is 0.455. The number of hydrogen-bond acceptors (Lipinski definition) is 3. The van der Waals surface area contributed by atoms with Gasteiger partial charge in [-0.3, -0.25) is 4.79 Å². The Bertz CT molecular complexity index is 302. The summed E-state index contributed by atoms with van der Waals surface area (Å²) in [7, 11) is 0. The summed E-state index contributed by atoms with van der Waals surface area (Å²) in [5.74, 6) is 0.464. The smallest absolute Gasteiger partial charge is 0.335 e. The van der Waals surface area contributed by atoms with Crippen molar-refractivity contribution in [3.05, 3.63) is 34.9 Å². The van der Waals surface area contributed by atoms with E-state index in [1.54, 1.807) is 12.1 Å². The second kappa shape index (κ2) is 6.13. The molecule has 1 fully saturated rings. The van der Waals surface area contributed by atoms with Crippen LogP contribution in [0.3, 0.4) is 0 Å². The molecule has 0 saturated heterocycles. The van der Waals surface area contributed by atoms with Crippen molar-refractivity contribution in [3.63, 3.8) is 0 Å². The monoisotopic (exact) mass is 194 g/mol. The van der Waals surface area contributed by atoms with Crippen LogP contribution >= 0.6 is 0 Å². The molecule has 1 heterocycles. The minimum absolute atomic E-state index is 0.303. The summed E-state index contributed by atoms with van der Waals surface area (Å²) in [6.07, 6.45) is 6.59. The summed E-state index contributed by atoms with van der Waals surface area (Å²) in [6, 6.07) is 4.65. The van der Waals surface area contributed by atoms with Crippen LogP contribution in [0.25, 0.3) is 0 Å². The molecule has 1 aliphatic carbocycles. The van der Waals surface area contributed by atoms with Crippen LogP contribution in [0.1, 0.15) is 32.1 Å². The summed E-state index contributed by atoms with van der Waals surface area (Å²) < 4.78 is 4.37. The van der Waals surface area contributed by atoms with Gasteiger partial charge in [-0.1, -0.05) is 12.5 Å². The van der Waals surface area contributed by atoms with Crippen molar-refractivity contribution < 1.29 is 9.21 Å². The lowest BCUT2D eigenvalue weighted by molar-refractivity contribution is -0.120. The number of hydrogen-bond donors (Lipinski definition) is 0. The molecule has 1 aliphatic rings. The molecular weight excluding hydrogens is 180 g/mol. The molecule has 76 valence electrons. The Hall–Kier alpha value is -1.38. The van der Waals surface area contributed by atoms with E-state index in [0.717, 1.165) is 25.7 Å². The highest BCUT2D eigenvalue weighted by molar-refractivity contribution is 5.78. The number of ketones is 1. The van der Waals surface area contributed by atoms with E-state index >= 15 is 0 Å². The van der Waals surface area contributed by atoms with E-state index in [0.29, 0.717) is 5.78 Å². The van der Waals surface area contributed by atoms with Gasteiger partial charge in [0, 0.05) is 18.9 Å². The number of Topliss-reactive ketones (excluding diaryl/α,β-unsaturated/α-hetero) is 1. The lowest BCUT2D eigenvalue weighted by Gasteiger charge is -2.05. The van der Waals surface area contributed by atoms with Gasteiger partial charge in [-0.15, -0.1) is 0 Å². The van der Waals surface area contributed by atoms with E-state index in [1.165, 1.54) is 18.8 Å². The van der Waals surface area contributed by atoms with Gasteiger partial charge in [0.1, 0.15) is 5.78 Å². The first-order chi connectivity index (χ1) is 6.79. The third kappa shape index (κ3) is 4.60. The van der Waals surface area contributed by atoms with Gasteiger partial charge in [-0.2, -0.15) is 0 Å². The molecule has 2 rings (SSSR count). The zero-order valence-electron chi connectivity index (χ0n) is 8.07. The molecule has 3 nitrogen and oxygen atoms in total. The largest absolute Gasteiger partial charge is 0.431 e. The maximum Gasteiger partial charge on any atom is 0.335 e. The molecule has 14 heavy (non-hydrogen) atoms. The van der Waals surface area contributed by atoms with Crippen LogP contribution in [-0.2, 0) is 4.79 Å². The van der Waals surface area contributed by atoms with Gasteiger partial charge in [0.2, 0.25) is 0 Å². The van der Waals surface area contributed by atoms with E-state index in [-0.39, 0.29) is 5.63 Å². The molecule has 0 N–H and O–H groups in total. The summed E-state index contributed by atoms with van der Waals surface area (Å²) in [4.78, 5) is 20.6. The highest BCUT2D eigenvalue weighted by Gasteiger charge is 2.05. The zero-order chi connectivity index (χ0) is 10.2. The van der Waals surface area contributed by atoms with Crippen molar-refractivity contribution in [1.82, 2.24) is 0 Å². The van der Waals surface area contributed by atoms with Crippen molar-refractivity contribution in [2.75, 3.05) is 0 Å². The molecule has 3 heteroatoms. The second-order valence-corrected chi connectivity index (χ2v) is 3.22. The fourth-order valence-corrected chi connectivity index (χ4v) is 1.27. The van der Waals surface area contributed by atoms with Crippen LogP contribution in [0.15, 0.2) is 33.7 Å². The standard InChI is InChI=1S/C6H10O.C5H4O2/c7-6-4-2-1-3-5-6;6-5-3-1-2-4-7-5/h1-5H2;1-4H. The van der Waals surface area contributed by atoms with Gasteiger partial charge in [0.15, 0.2) is 0 Å². The molecule has 0 radical (unpaired) electrons. The van der Waals surface area contributed by atoms with Crippen LogP contribution in [0.4, 0.5) is 0 Å². The Balaban J connectivity index is 0.000000140. The number of carbonyl (C=O) groups is 1. The van der Waals surface area contributed by atoms with Crippen molar-refractivity contribution in [3.8, 4) is 0 Å². The van der Waals surface area contributed by atoms with Crippen molar-refractivity contribution in [1.29, 1.82) is 0 Å². The first-order valence-corrected chi connectivity index (χ1v) is 4.84. The normalized spacial score (nSPS) is 15.6. The lowest BCUT2D eigenvalue weighted by atomic mass is 10.00. The van der Waals surface area contributed by atoms with Gasteiger partial charge in [0.05, 0.1) is 6.26 Å². The van der Waals surface area contributed by atoms with Gasteiger partial charge >= 0.3 is 5.63 Å². The van der Waals surface area contributed by atoms with E-state index in [9.17, 15) is 9.59 Å². The Morgan fingerprint density at radius 2 is 1.71 bits per heavy atom. The Kier molecular flexibility index (Phi) is 4.69. The summed E-state index contributed by atoms with van der Waals surface area (Å²) >= 11 is 0. The van der Waals surface area contributed by atoms with Crippen molar-refractivity contribution >= 4 is 5.78 Å². The predicted octanol–water partition coefficient (Wildman–Crippen LogP) is 2.16. The SMILES string of the molecule is O=C1CCCCC1.O=c1cccco1. The van der Waals surface area contributed by atoms with Crippen molar-refractivity contribution in [2.45, 2.75) is 32.1 Å². The van der Waals surface area contributed by atoms with Gasteiger partial charge in [0.25, 0.3) is 0 Å². The summed E-state index contributed by atoms with van der Waals surface area (Å²) in [5, 5.41) is 0. The van der Waals surface area contributed by atoms with E-state index in [4.69, 9.17) is 0 Å². The molecular formula is C11H14O3. The lowest BCUT2D eigenvalue weighted by Crippen LogP contribution is -2.02. The summed E-state index contributed by atoms with van der Waals surface area (Å²) in [5.41, 5.74) is -0.303. The maximum atomic E-state index is 10.5. The third-order valence-corrected chi connectivity index (χ3v) is 2.02. The molecule has 0 spiro atoms. The van der Waals surface area contributed by atoms with Gasteiger partial charge in [-0.25, -0.2) is 4.79 Å². The third-order valence-electron chi connectivity index (χ3n) is 2.02. The minimum atomic E-state index is -0.303. The topological polar surface area (TPSA) is 47.3 Å². The Morgan fingerprint density at radius 1 is 1.00 bits per heavy atom. The van der Waals surface area contributed by atoms with Crippen LogP contribution in [0.5, 0.6) is 0 Å². The highest BCUT2D eigenvalue weighted by atomic mass is 16.4. The van der Waals surface area contributed by atoms with Crippen LogP contribution in [-0.4, -0.2) is 5.78 Å².